The van der Waals surface area contributed by atoms with E-state index < -0.39 is 5.97 Å². The normalized spacial score (nSPS) is 23.7. The largest absolute Gasteiger partial charge is 0.476 e. The van der Waals surface area contributed by atoms with Crippen molar-refractivity contribution >= 4 is 5.97 Å². The van der Waals surface area contributed by atoms with E-state index >= 15 is 0 Å². The second-order valence-electron chi connectivity index (χ2n) is 6.79. The van der Waals surface area contributed by atoms with Crippen molar-refractivity contribution in [2.45, 2.75) is 39.3 Å². The molecule has 1 aromatic heterocycles. The molecule has 6 nitrogen and oxygen atoms in total. The first-order valence-corrected chi connectivity index (χ1v) is 8.31. The molecule has 2 aliphatic heterocycles. The highest BCUT2D eigenvalue weighted by atomic mass is 16.5. The second-order valence-corrected chi connectivity index (χ2v) is 6.79. The van der Waals surface area contributed by atoms with Crippen LogP contribution in [0.15, 0.2) is 17.8 Å². The molecule has 1 N–H and O–H groups in total. The zero-order chi connectivity index (χ0) is 16.4. The third-order valence-corrected chi connectivity index (χ3v) is 4.56. The van der Waals surface area contributed by atoms with Crippen LogP contribution in [0.1, 0.15) is 48.8 Å². The van der Waals surface area contributed by atoms with E-state index in [-0.39, 0.29) is 11.7 Å². The minimum atomic E-state index is -0.942. The van der Waals surface area contributed by atoms with Gasteiger partial charge < -0.3 is 9.84 Å². The van der Waals surface area contributed by atoms with Gasteiger partial charge in [0.15, 0.2) is 5.69 Å². The summed E-state index contributed by atoms with van der Waals surface area (Å²) in [6.07, 6.45) is 6.00. The van der Waals surface area contributed by atoms with Crippen molar-refractivity contribution in [2.75, 3.05) is 26.3 Å². The van der Waals surface area contributed by atoms with Crippen LogP contribution in [0.25, 0.3) is 0 Å². The number of rotatable bonds is 4. The lowest BCUT2D eigenvalue weighted by Crippen LogP contribution is -2.33. The molecule has 1 saturated heterocycles. The van der Waals surface area contributed by atoms with Crippen molar-refractivity contribution in [3.63, 3.8) is 0 Å². The topological polar surface area (TPSA) is 67.6 Å². The fraction of sp³-hybridized carbons (Fsp3) is 0.647. The van der Waals surface area contributed by atoms with E-state index in [2.05, 4.69) is 29.9 Å². The first kappa shape index (κ1) is 16.2. The highest BCUT2D eigenvalue weighted by Gasteiger charge is 2.24. The van der Waals surface area contributed by atoms with Crippen LogP contribution >= 0.6 is 0 Å². The third kappa shape index (κ3) is 3.82. The van der Waals surface area contributed by atoms with Crippen molar-refractivity contribution in [2.24, 2.45) is 5.92 Å². The highest BCUT2D eigenvalue weighted by Crippen LogP contribution is 2.24. The Labute approximate surface area is 136 Å². The van der Waals surface area contributed by atoms with E-state index in [1.807, 2.05) is 10.9 Å². The summed E-state index contributed by atoms with van der Waals surface area (Å²) in [6.45, 7) is 8.25. The van der Waals surface area contributed by atoms with Crippen LogP contribution < -0.4 is 0 Å². The third-order valence-electron chi connectivity index (χ3n) is 4.56. The Morgan fingerprint density at radius 2 is 2.17 bits per heavy atom. The molecule has 23 heavy (non-hydrogen) atoms. The van der Waals surface area contributed by atoms with Crippen molar-refractivity contribution in [3.05, 3.63) is 29.1 Å². The molecule has 0 radical (unpaired) electrons. The van der Waals surface area contributed by atoms with Crippen LogP contribution in [0.3, 0.4) is 0 Å². The molecule has 0 bridgehead atoms. The Hall–Kier alpha value is -1.66. The van der Waals surface area contributed by atoms with Gasteiger partial charge in [-0.15, -0.1) is 0 Å². The van der Waals surface area contributed by atoms with Gasteiger partial charge >= 0.3 is 5.97 Å². The summed E-state index contributed by atoms with van der Waals surface area (Å²) in [7, 11) is 0. The Kier molecular flexibility index (Phi) is 4.82. The average molecular weight is 319 g/mol. The van der Waals surface area contributed by atoms with Gasteiger partial charge in [0.25, 0.3) is 0 Å². The van der Waals surface area contributed by atoms with Crippen molar-refractivity contribution in [1.29, 1.82) is 0 Å². The fourth-order valence-corrected chi connectivity index (χ4v) is 3.64. The van der Waals surface area contributed by atoms with Crippen LogP contribution in [-0.2, 0) is 11.3 Å². The lowest BCUT2D eigenvalue weighted by molar-refractivity contribution is 0.0645. The summed E-state index contributed by atoms with van der Waals surface area (Å²) in [5.74, 6) is -0.439. The molecule has 1 aromatic rings. The van der Waals surface area contributed by atoms with Crippen LogP contribution in [-0.4, -0.2) is 52.1 Å². The molecular weight excluding hydrogens is 294 g/mol. The lowest BCUT2D eigenvalue weighted by Gasteiger charge is -2.29. The van der Waals surface area contributed by atoms with Crippen LogP contribution in [0, 0.1) is 5.92 Å². The molecule has 6 heteroatoms. The van der Waals surface area contributed by atoms with Gasteiger partial charge in [-0.25, -0.2) is 4.79 Å². The summed E-state index contributed by atoms with van der Waals surface area (Å²) < 4.78 is 7.22. The van der Waals surface area contributed by atoms with Crippen LogP contribution in [0.5, 0.6) is 0 Å². The van der Waals surface area contributed by atoms with Crippen LogP contribution in [0.2, 0.25) is 0 Å². The van der Waals surface area contributed by atoms with Gasteiger partial charge in [-0.1, -0.05) is 18.6 Å². The molecule has 3 heterocycles. The minimum Gasteiger partial charge on any atom is -0.476 e. The fourth-order valence-electron chi connectivity index (χ4n) is 3.64. The van der Waals surface area contributed by atoms with Gasteiger partial charge in [0.2, 0.25) is 0 Å². The van der Waals surface area contributed by atoms with E-state index in [1.165, 1.54) is 5.57 Å². The smallest absolute Gasteiger partial charge is 0.356 e. The standard InChI is InChI=1S/C17H25N3O3/c1-12-7-13(2)9-19(8-12)10-14-11-20(18-16(14)17(21)22)15-3-5-23-6-4-15/h7,11-12,15H,3-6,8-10H2,1-2H3,(H,21,22). The molecule has 1 unspecified atom stereocenters. The molecule has 0 amide bonds. The SMILES string of the molecule is CC1=CC(C)CN(Cc2cn(C3CCOCC3)nc2C(=O)O)C1. The quantitative estimate of drug-likeness (QED) is 0.863. The number of aromatic nitrogens is 2. The van der Waals surface area contributed by atoms with Gasteiger partial charge in [-0.2, -0.15) is 5.10 Å². The molecular formula is C17H25N3O3. The Morgan fingerprint density at radius 1 is 1.43 bits per heavy atom. The number of nitrogens with zero attached hydrogens (tertiary/aromatic N) is 3. The minimum absolute atomic E-state index is 0.191. The Morgan fingerprint density at radius 3 is 2.83 bits per heavy atom. The summed E-state index contributed by atoms with van der Waals surface area (Å²) >= 11 is 0. The number of carbonyl (C=O) groups is 1. The maximum atomic E-state index is 11.6. The first-order chi connectivity index (χ1) is 11.0. The van der Waals surface area contributed by atoms with E-state index in [9.17, 15) is 9.90 Å². The van der Waals surface area contributed by atoms with Gasteiger partial charge in [-0.05, 0) is 25.7 Å². The molecule has 126 valence electrons. The number of hydrogen-bond acceptors (Lipinski definition) is 4. The predicted octanol–water partition coefficient (Wildman–Crippen LogP) is 2.33. The molecule has 0 spiro atoms. The molecule has 0 saturated carbocycles. The van der Waals surface area contributed by atoms with Crippen molar-refractivity contribution < 1.29 is 14.6 Å². The summed E-state index contributed by atoms with van der Waals surface area (Å²) in [4.78, 5) is 13.9. The van der Waals surface area contributed by atoms with E-state index in [0.717, 1.165) is 44.7 Å². The molecule has 2 aliphatic rings. The van der Waals surface area contributed by atoms with E-state index in [0.29, 0.717) is 12.5 Å². The van der Waals surface area contributed by atoms with Gasteiger partial charge in [0.1, 0.15) is 0 Å². The number of hydrogen-bond donors (Lipinski definition) is 1. The highest BCUT2D eigenvalue weighted by molar-refractivity contribution is 5.86. The van der Waals surface area contributed by atoms with E-state index in [4.69, 9.17) is 4.74 Å². The van der Waals surface area contributed by atoms with Crippen molar-refractivity contribution in [3.8, 4) is 0 Å². The Bertz CT molecular complexity index is 602. The molecule has 1 atom stereocenters. The van der Waals surface area contributed by atoms with Gasteiger partial charge in [-0.3, -0.25) is 9.58 Å². The lowest BCUT2D eigenvalue weighted by atomic mass is 10.0. The Balaban J connectivity index is 1.79. The number of carboxylic acid groups (broad SMARTS) is 1. The maximum absolute atomic E-state index is 11.6. The monoisotopic (exact) mass is 319 g/mol. The predicted molar refractivity (Wildman–Crippen MR) is 86.5 cm³/mol. The maximum Gasteiger partial charge on any atom is 0.356 e. The second kappa shape index (κ2) is 6.84. The summed E-state index contributed by atoms with van der Waals surface area (Å²) in [5.41, 5.74) is 2.35. The zero-order valence-electron chi connectivity index (χ0n) is 13.9. The number of carboxylic acids is 1. The molecule has 0 aromatic carbocycles. The molecule has 0 aliphatic carbocycles. The molecule has 3 rings (SSSR count). The average Bonchev–Trinajstić information content (AvgIpc) is 2.91. The van der Waals surface area contributed by atoms with Gasteiger partial charge in [0.05, 0.1) is 6.04 Å². The summed E-state index contributed by atoms with van der Waals surface area (Å²) in [5, 5.41) is 13.8. The summed E-state index contributed by atoms with van der Waals surface area (Å²) in [6, 6.07) is 0.248. The molecule has 1 fully saturated rings. The zero-order valence-corrected chi connectivity index (χ0v) is 13.9. The van der Waals surface area contributed by atoms with Crippen LogP contribution in [0.4, 0.5) is 0 Å². The van der Waals surface area contributed by atoms with Crippen molar-refractivity contribution in [1.82, 2.24) is 14.7 Å². The first-order valence-electron chi connectivity index (χ1n) is 8.31. The van der Waals surface area contributed by atoms with Gasteiger partial charge in [0, 0.05) is 44.6 Å². The number of ether oxygens (including phenoxy) is 1. The number of aromatic carboxylic acids is 1. The van der Waals surface area contributed by atoms with E-state index in [1.54, 1.807) is 0 Å².